The summed E-state index contributed by atoms with van der Waals surface area (Å²) in [6.45, 7) is 7.69. The van der Waals surface area contributed by atoms with Crippen LogP contribution in [0.4, 0.5) is 17.6 Å². The predicted octanol–water partition coefficient (Wildman–Crippen LogP) is 3.75. The minimum atomic E-state index is 0.219. The van der Waals surface area contributed by atoms with Crippen molar-refractivity contribution >= 4 is 17.6 Å². The Morgan fingerprint density at radius 1 is 0.926 bits per heavy atom. The molecule has 3 aromatic rings. The maximum Gasteiger partial charge on any atom is 0.232 e. The molecule has 3 rings (SSSR count). The van der Waals surface area contributed by atoms with Crippen LogP contribution in [0.3, 0.4) is 0 Å². The third kappa shape index (κ3) is 5.01. The van der Waals surface area contributed by atoms with E-state index in [1.807, 2.05) is 38.2 Å². The van der Waals surface area contributed by atoms with Crippen LogP contribution >= 0.6 is 0 Å². The number of aryl methyl sites for hydroxylation is 3. The van der Waals surface area contributed by atoms with Crippen LogP contribution in [0.25, 0.3) is 0 Å². The second-order valence-corrected chi connectivity index (χ2v) is 6.98. The Morgan fingerprint density at radius 3 is 2.44 bits per heavy atom. The van der Waals surface area contributed by atoms with Crippen LogP contribution < -0.4 is 11.1 Å². The summed E-state index contributed by atoms with van der Waals surface area (Å²) in [6, 6.07) is 14.5. The predicted molar refractivity (Wildman–Crippen MR) is 110 cm³/mol. The van der Waals surface area contributed by atoms with E-state index in [1.165, 1.54) is 16.7 Å². The Bertz CT molecular complexity index is 938. The van der Waals surface area contributed by atoms with Gasteiger partial charge in [0.1, 0.15) is 5.82 Å². The molecule has 0 saturated heterocycles. The van der Waals surface area contributed by atoms with Crippen LogP contribution in [0.5, 0.6) is 0 Å². The lowest BCUT2D eigenvalue weighted by atomic mass is 10.1. The molecular formula is C21H26N6. The summed E-state index contributed by atoms with van der Waals surface area (Å²) in [5.41, 5.74) is 11.8. The minimum Gasteiger partial charge on any atom is -0.368 e. The molecule has 0 aliphatic carbocycles. The first-order valence-electron chi connectivity index (χ1n) is 8.98. The van der Waals surface area contributed by atoms with E-state index in [0.717, 1.165) is 17.8 Å². The van der Waals surface area contributed by atoms with Gasteiger partial charge >= 0.3 is 0 Å². The Hall–Kier alpha value is -2.99. The first-order chi connectivity index (χ1) is 12.9. The highest BCUT2D eigenvalue weighted by Crippen LogP contribution is 2.18. The molecule has 0 radical (unpaired) electrons. The van der Waals surface area contributed by atoms with Crippen molar-refractivity contribution < 1.29 is 0 Å². The number of nitrogen functional groups attached to an aromatic ring is 1. The fourth-order valence-electron chi connectivity index (χ4n) is 3.01. The summed E-state index contributed by atoms with van der Waals surface area (Å²) in [4.78, 5) is 15.2. The minimum absolute atomic E-state index is 0.219. The summed E-state index contributed by atoms with van der Waals surface area (Å²) in [6.07, 6.45) is 0. The van der Waals surface area contributed by atoms with E-state index in [9.17, 15) is 0 Å². The zero-order valence-electron chi connectivity index (χ0n) is 16.3. The molecule has 0 atom stereocenters. The average molecular weight is 362 g/mol. The summed E-state index contributed by atoms with van der Waals surface area (Å²) in [5, 5.41) is 3.23. The van der Waals surface area contributed by atoms with Gasteiger partial charge in [-0.1, -0.05) is 42.0 Å². The van der Waals surface area contributed by atoms with Gasteiger partial charge in [-0.15, -0.1) is 0 Å². The summed E-state index contributed by atoms with van der Waals surface area (Å²) < 4.78 is 0. The number of nitrogens with one attached hydrogen (secondary N) is 1. The van der Waals surface area contributed by atoms with Gasteiger partial charge in [0, 0.05) is 12.2 Å². The number of para-hydroxylation sites is 1. The van der Waals surface area contributed by atoms with Crippen molar-refractivity contribution in [3.63, 3.8) is 0 Å². The molecule has 0 aliphatic rings. The highest BCUT2D eigenvalue weighted by atomic mass is 15.2. The molecular weight excluding hydrogens is 336 g/mol. The lowest BCUT2D eigenvalue weighted by Gasteiger charge is -2.18. The van der Waals surface area contributed by atoms with Crippen molar-refractivity contribution in [1.82, 2.24) is 19.9 Å². The van der Waals surface area contributed by atoms with Gasteiger partial charge in [0.05, 0.1) is 6.54 Å². The lowest BCUT2D eigenvalue weighted by Crippen LogP contribution is -2.20. The Morgan fingerprint density at radius 2 is 1.70 bits per heavy atom. The summed E-state index contributed by atoms with van der Waals surface area (Å²) in [7, 11) is 2.05. The van der Waals surface area contributed by atoms with Gasteiger partial charge in [-0.05, 0) is 50.6 Å². The quantitative estimate of drug-likeness (QED) is 0.695. The molecule has 0 saturated carbocycles. The van der Waals surface area contributed by atoms with E-state index in [0.29, 0.717) is 18.3 Å². The van der Waals surface area contributed by atoms with E-state index >= 15 is 0 Å². The number of rotatable bonds is 6. The van der Waals surface area contributed by atoms with Gasteiger partial charge in [0.2, 0.25) is 11.9 Å². The van der Waals surface area contributed by atoms with E-state index in [1.54, 1.807) is 0 Å². The highest BCUT2D eigenvalue weighted by molar-refractivity contribution is 5.58. The molecule has 140 valence electrons. The Kier molecular flexibility index (Phi) is 5.66. The van der Waals surface area contributed by atoms with Crippen LogP contribution in [-0.2, 0) is 13.1 Å². The molecule has 0 bridgehead atoms. The average Bonchev–Trinajstić information content (AvgIpc) is 2.59. The fourth-order valence-corrected chi connectivity index (χ4v) is 3.01. The molecule has 0 unspecified atom stereocenters. The number of hydrogen-bond donors (Lipinski definition) is 2. The summed E-state index contributed by atoms with van der Waals surface area (Å²) >= 11 is 0. The van der Waals surface area contributed by atoms with E-state index in [-0.39, 0.29) is 5.95 Å². The topological polar surface area (TPSA) is 80.0 Å². The van der Waals surface area contributed by atoms with Crippen molar-refractivity contribution in [2.75, 3.05) is 18.1 Å². The maximum atomic E-state index is 5.90. The molecule has 2 aromatic carbocycles. The number of benzene rings is 2. The molecule has 3 N–H and O–H groups in total. The van der Waals surface area contributed by atoms with Crippen molar-refractivity contribution in [1.29, 1.82) is 0 Å². The largest absolute Gasteiger partial charge is 0.368 e. The number of anilines is 3. The Labute approximate surface area is 160 Å². The molecule has 6 heteroatoms. The first-order valence-corrected chi connectivity index (χ1v) is 8.98. The highest BCUT2D eigenvalue weighted by Gasteiger charge is 2.10. The fraction of sp³-hybridized carbons (Fsp3) is 0.286. The third-order valence-corrected chi connectivity index (χ3v) is 4.44. The van der Waals surface area contributed by atoms with Crippen LogP contribution in [-0.4, -0.2) is 26.9 Å². The van der Waals surface area contributed by atoms with Gasteiger partial charge in [-0.2, -0.15) is 15.0 Å². The molecule has 1 heterocycles. The molecule has 0 aliphatic heterocycles. The van der Waals surface area contributed by atoms with Gasteiger partial charge in [-0.25, -0.2) is 0 Å². The zero-order chi connectivity index (χ0) is 19.4. The lowest BCUT2D eigenvalue weighted by molar-refractivity contribution is 0.310. The van der Waals surface area contributed by atoms with Crippen LogP contribution in [0.15, 0.2) is 42.5 Å². The van der Waals surface area contributed by atoms with Crippen LogP contribution in [0.2, 0.25) is 0 Å². The van der Waals surface area contributed by atoms with Crippen molar-refractivity contribution in [3.8, 4) is 0 Å². The van der Waals surface area contributed by atoms with Gasteiger partial charge < -0.3 is 11.1 Å². The standard InChI is InChI=1S/C21H26N6/c1-14-9-10-17(16(3)11-14)12-27(4)13-19-24-20(22)26-21(25-19)23-18-8-6-5-7-15(18)2/h5-11H,12-13H2,1-4H3,(H3,22,23,24,25,26). The van der Waals surface area contributed by atoms with Gasteiger partial charge in [0.15, 0.2) is 0 Å². The number of nitrogens with zero attached hydrogens (tertiary/aromatic N) is 4. The monoisotopic (exact) mass is 362 g/mol. The van der Waals surface area contributed by atoms with Gasteiger partial charge in [-0.3, -0.25) is 4.90 Å². The normalized spacial score (nSPS) is 11.0. The van der Waals surface area contributed by atoms with E-state index < -0.39 is 0 Å². The third-order valence-electron chi connectivity index (χ3n) is 4.44. The SMILES string of the molecule is Cc1ccc(CN(C)Cc2nc(N)nc(Nc3ccccc3C)n2)c(C)c1. The molecule has 0 spiro atoms. The molecule has 6 nitrogen and oxygen atoms in total. The molecule has 27 heavy (non-hydrogen) atoms. The van der Waals surface area contributed by atoms with Crippen molar-refractivity contribution in [2.24, 2.45) is 0 Å². The molecule has 0 amide bonds. The molecule has 1 aromatic heterocycles. The van der Waals surface area contributed by atoms with E-state index in [2.05, 4.69) is 57.2 Å². The maximum absolute atomic E-state index is 5.90. The van der Waals surface area contributed by atoms with Crippen molar-refractivity contribution in [2.45, 2.75) is 33.9 Å². The number of aromatic nitrogens is 3. The van der Waals surface area contributed by atoms with Crippen LogP contribution in [0, 0.1) is 20.8 Å². The number of nitrogens with two attached hydrogens (primary N) is 1. The van der Waals surface area contributed by atoms with Crippen molar-refractivity contribution in [3.05, 3.63) is 70.5 Å². The second-order valence-electron chi connectivity index (χ2n) is 6.98. The molecule has 0 fully saturated rings. The first kappa shape index (κ1) is 18.8. The Balaban J connectivity index is 1.73. The second kappa shape index (κ2) is 8.14. The zero-order valence-corrected chi connectivity index (χ0v) is 16.3. The van der Waals surface area contributed by atoms with E-state index in [4.69, 9.17) is 5.73 Å². The van der Waals surface area contributed by atoms with Gasteiger partial charge in [0.25, 0.3) is 0 Å². The number of hydrogen-bond acceptors (Lipinski definition) is 6. The smallest absolute Gasteiger partial charge is 0.232 e. The van der Waals surface area contributed by atoms with Crippen LogP contribution in [0.1, 0.15) is 28.1 Å². The summed E-state index contributed by atoms with van der Waals surface area (Å²) in [5.74, 6) is 1.33.